The Kier molecular flexibility index (Phi) is 4.21. The normalized spacial score (nSPS) is 19.2. The van der Waals surface area contributed by atoms with Crippen LogP contribution in [0.25, 0.3) is 0 Å². The van der Waals surface area contributed by atoms with Crippen LogP contribution in [0.4, 0.5) is 0 Å². The first-order valence-corrected chi connectivity index (χ1v) is 7.06. The highest BCUT2D eigenvalue weighted by molar-refractivity contribution is 6.42. The summed E-state index contributed by atoms with van der Waals surface area (Å²) >= 11 is 11.9. The van der Waals surface area contributed by atoms with E-state index in [0.717, 1.165) is 12.1 Å². The lowest BCUT2D eigenvalue weighted by atomic mass is 10.1. The fourth-order valence-electron chi connectivity index (χ4n) is 2.03. The maximum atomic E-state index is 5.98. The molecule has 2 aromatic rings. The third-order valence-electron chi connectivity index (χ3n) is 3.03. The number of benzene rings is 1. The highest BCUT2D eigenvalue weighted by Crippen LogP contribution is 2.24. The predicted molar refractivity (Wildman–Crippen MR) is 75.1 cm³/mol. The average Bonchev–Trinajstić information content (AvgIpc) is 2.92. The molecule has 20 heavy (non-hydrogen) atoms. The molecule has 3 rings (SSSR count). The van der Waals surface area contributed by atoms with Crippen LogP contribution in [0.1, 0.15) is 23.4 Å². The zero-order valence-electron chi connectivity index (χ0n) is 10.6. The molecule has 1 aliphatic heterocycles. The van der Waals surface area contributed by atoms with Crippen molar-refractivity contribution < 1.29 is 9.26 Å². The molecule has 0 saturated carbocycles. The van der Waals surface area contributed by atoms with E-state index < -0.39 is 0 Å². The molecule has 1 aliphatic rings. The third-order valence-corrected chi connectivity index (χ3v) is 3.77. The largest absolute Gasteiger partial charge is 0.366 e. The van der Waals surface area contributed by atoms with Gasteiger partial charge in [-0.05, 0) is 17.7 Å². The van der Waals surface area contributed by atoms with Gasteiger partial charge in [0.2, 0.25) is 0 Å². The fourth-order valence-corrected chi connectivity index (χ4v) is 2.35. The van der Waals surface area contributed by atoms with E-state index in [-0.39, 0.29) is 6.10 Å². The Morgan fingerprint density at radius 1 is 1.30 bits per heavy atom. The van der Waals surface area contributed by atoms with Gasteiger partial charge < -0.3 is 14.6 Å². The lowest BCUT2D eigenvalue weighted by Crippen LogP contribution is -2.33. The first-order valence-electron chi connectivity index (χ1n) is 6.31. The first kappa shape index (κ1) is 13.8. The Hall–Kier alpha value is -1.14. The van der Waals surface area contributed by atoms with Crippen molar-refractivity contribution in [2.75, 3.05) is 19.7 Å². The molecule has 106 valence electrons. The van der Waals surface area contributed by atoms with E-state index in [9.17, 15) is 0 Å². The van der Waals surface area contributed by atoms with E-state index in [1.807, 2.05) is 6.07 Å². The third kappa shape index (κ3) is 3.12. The SMILES string of the molecule is Clc1ccc(Cc2noc(C3CNCCO3)n2)cc1Cl. The Balaban J connectivity index is 1.71. The molecule has 5 nitrogen and oxygen atoms in total. The maximum Gasteiger partial charge on any atom is 0.257 e. The number of ether oxygens (including phenoxy) is 1. The summed E-state index contributed by atoms with van der Waals surface area (Å²) in [5, 5.41) is 8.24. The summed E-state index contributed by atoms with van der Waals surface area (Å²) in [5.74, 6) is 1.11. The number of nitrogens with one attached hydrogen (secondary N) is 1. The number of aromatic nitrogens is 2. The molecule has 1 unspecified atom stereocenters. The van der Waals surface area contributed by atoms with Crippen molar-refractivity contribution in [1.82, 2.24) is 15.5 Å². The van der Waals surface area contributed by atoms with Gasteiger partial charge in [-0.1, -0.05) is 34.4 Å². The minimum Gasteiger partial charge on any atom is -0.366 e. The van der Waals surface area contributed by atoms with Gasteiger partial charge in [0.15, 0.2) is 5.82 Å². The summed E-state index contributed by atoms with van der Waals surface area (Å²) in [6.45, 7) is 2.18. The van der Waals surface area contributed by atoms with Crippen LogP contribution in [0.2, 0.25) is 10.0 Å². The maximum absolute atomic E-state index is 5.98. The zero-order valence-corrected chi connectivity index (χ0v) is 12.1. The Labute approximate surface area is 126 Å². The molecule has 1 atom stereocenters. The van der Waals surface area contributed by atoms with Crippen molar-refractivity contribution in [3.05, 3.63) is 45.5 Å². The smallest absolute Gasteiger partial charge is 0.257 e. The summed E-state index contributed by atoms with van der Waals surface area (Å²) in [6.07, 6.45) is 0.374. The van der Waals surface area contributed by atoms with Crippen LogP contribution >= 0.6 is 23.2 Å². The van der Waals surface area contributed by atoms with Gasteiger partial charge >= 0.3 is 0 Å². The molecular formula is C13H13Cl2N3O2. The lowest BCUT2D eigenvalue weighted by molar-refractivity contribution is 0.00755. The molecule has 0 aliphatic carbocycles. The second-order valence-corrected chi connectivity index (χ2v) is 5.35. The second kappa shape index (κ2) is 6.10. The zero-order chi connectivity index (χ0) is 13.9. The Bertz CT molecular complexity index is 597. The molecule has 0 bridgehead atoms. The molecule has 2 heterocycles. The standard InChI is InChI=1S/C13H13Cl2N3O2/c14-9-2-1-8(5-10(9)15)6-12-17-13(20-18-12)11-7-16-3-4-19-11/h1-2,5,11,16H,3-4,6-7H2. The van der Waals surface area contributed by atoms with Gasteiger partial charge in [0.1, 0.15) is 6.10 Å². The van der Waals surface area contributed by atoms with E-state index in [0.29, 0.717) is 41.3 Å². The molecule has 1 fully saturated rings. The van der Waals surface area contributed by atoms with E-state index in [4.69, 9.17) is 32.5 Å². The van der Waals surface area contributed by atoms with Gasteiger partial charge in [-0.2, -0.15) is 4.98 Å². The number of morpholine rings is 1. The lowest BCUT2D eigenvalue weighted by Gasteiger charge is -2.19. The Morgan fingerprint density at radius 2 is 2.20 bits per heavy atom. The minimum absolute atomic E-state index is 0.168. The van der Waals surface area contributed by atoms with Gasteiger partial charge in [-0.25, -0.2) is 0 Å². The van der Waals surface area contributed by atoms with Gasteiger partial charge in [0.05, 0.1) is 16.7 Å². The van der Waals surface area contributed by atoms with E-state index in [1.165, 1.54) is 0 Å². The molecule has 1 aromatic carbocycles. The van der Waals surface area contributed by atoms with Crippen LogP contribution in [0, 0.1) is 0 Å². The van der Waals surface area contributed by atoms with E-state index in [2.05, 4.69) is 15.5 Å². The molecule has 7 heteroatoms. The number of hydrogen-bond donors (Lipinski definition) is 1. The molecular weight excluding hydrogens is 301 g/mol. The molecule has 1 aromatic heterocycles. The van der Waals surface area contributed by atoms with Gasteiger partial charge in [0, 0.05) is 19.5 Å². The van der Waals surface area contributed by atoms with Crippen LogP contribution in [-0.4, -0.2) is 29.8 Å². The van der Waals surface area contributed by atoms with E-state index >= 15 is 0 Å². The van der Waals surface area contributed by atoms with Crippen molar-refractivity contribution in [1.29, 1.82) is 0 Å². The van der Waals surface area contributed by atoms with Gasteiger partial charge in [-0.15, -0.1) is 0 Å². The molecule has 1 N–H and O–H groups in total. The molecule has 0 amide bonds. The second-order valence-electron chi connectivity index (χ2n) is 4.54. The number of rotatable bonds is 3. The summed E-state index contributed by atoms with van der Waals surface area (Å²) in [6, 6.07) is 5.45. The first-order chi connectivity index (χ1) is 9.72. The topological polar surface area (TPSA) is 60.2 Å². The summed E-state index contributed by atoms with van der Waals surface area (Å²) in [4.78, 5) is 4.36. The van der Waals surface area contributed by atoms with Crippen LogP contribution in [0.3, 0.4) is 0 Å². The predicted octanol–water partition coefficient (Wildman–Crippen LogP) is 2.63. The number of nitrogens with zero attached hydrogens (tertiary/aromatic N) is 2. The van der Waals surface area contributed by atoms with Crippen LogP contribution in [0.15, 0.2) is 22.7 Å². The van der Waals surface area contributed by atoms with Crippen LogP contribution < -0.4 is 5.32 Å². The summed E-state index contributed by atoms with van der Waals surface area (Å²) < 4.78 is 10.8. The van der Waals surface area contributed by atoms with Crippen molar-refractivity contribution in [2.24, 2.45) is 0 Å². The quantitative estimate of drug-likeness (QED) is 0.944. The molecule has 1 saturated heterocycles. The van der Waals surface area contributed by atoms with E-state index in [1.54, 1.807) is 12.1 Å². The summed E-state index contributed by atoms with van der Waals surface area (Å²) in [5.41, 5.74) is 0.981. The Morgan fingerprint density at radius 3 is 2.95 bits per heavy atom. The average molecular weight is 314 g/mol. The number of halogens is 2. The highest BCUT2D eigenvalue weighted by atomic mass is 35.5. The minimum atomic E-state index is -0.168. The molecule has 0 radical (unpaired) electrons. The monoisotopic (exact) mass is 313 g/mol. The number of hydrogen-bond acceptors (Lipinski definition) is 5. The van der Waals surface area contributed by atoms with Crippen molar-refractivity contribution >= 4 is 23.2 Å². The van der Waals surface area contributed by atoms with Crippen LogP contribution in [-0.2, 0) is 11.2 Å². The fraction of sp³-hybridized carbons (Fsp3) is 0.385. The van der Waals surface area contributed by atoms with Gasteiger partial charge in [0.25, 0.3) is 5.89 Å². The van der Waals surface area contributed by atoms with Crippen molar-refractivity contribution in [3.8, 4) is 0 Å². The van der Waals surface area contributed by atoms with Crippen molar-refractivity contribution in [2.45, 2.75) is 12.5 Å². The highest BCUT2D eigenvalue weighted by Gasteiger charge is 2.22. The molecule has 0 spiro atoms. The van der Waals surface area contributed by atoms with Gasteiger partial charge in [-0.3, -0.25) is 0 Å². The summed E-state index contributed by atoms with van der Waals surface area (Å²) in [7, 11) is 0. The van der Waals surface area contributed by atoms with Crippen LogP contribution in [0.5, 0.6) is 0 Å². The van der Waals surface area contributed by atoms with Crippen molar-refractivity contribution in [3.63, 3.8) is 0 Å².